The number of nitrogens with zero attached hydrogens (tertiary/aromatic N) is 1. The Morgan fingerprint density at radius 3 is 2.20 bits per heavy atom. The highest BCUT2D eigenvalue weighted by molar-refractivity contribution is 6.35. The van der Waals surface area contributed by atoms with Gasteiger partial charge in [-0.15, -0.1) is 0 Å². The second-order valence-corrected chi connectivity index (χ2v) is 6.55. The SMILES string of the molecule is CC1CCCCC1NC(=O)C(=O)N(C)C1CCCCC1. The zero-order valence-electron chi connectivity index (χ0n) is 12.9. The molecule has 4 nitrogen and oxygen atoms in total. The zero-order valence-corrected chi connectivity index (χ0v) is 12.9. The molecule has 2 saturated carbocycles. The molecule has 4 heteroatoms. The Morgan fingerprint density at radius 2 is 1.55 bits per heavy atom. The average Bonchev–Trinajstić information content (AvgIpc) is 2.49. The van der Waals surface area contributed by atoms with Gasteiger partial charge in [0.25, 0.3) is 0 Å². The third-order valence-electron chi connectivity index (χ3n) is 5.06. The van der Waals surface area contributed by atoms with Crippen molar-refractivity contribution >= 4 is 11.8 Å². The Balaban J connectivity index is 1.85. The van der Waals surface area contributed by atoms with E-state index >= 15 is 0 Å². The molecule has 2 aliphatic carbocycles. The van der Waals surface area contributed by atoms with Crippen molar-refractivity contribution in [3.8, 4) is 0 Å². The lowest BCUT2D eigenvalue weighted by molar-refractivity contribution is -0.147. The molecule has 2 rings (SSSR count). The molecule has 0 aliphatic heterocycles. The molecule has 0 bridgehead atoms. The molecule has 20 heavy (non-hydrogen) atoms. The zero-order chi connectivity index (χ0) is 14.5. The normalized spacial score (nSPS) is 27.9. The van der Waals surface area contributed by atoms with E-state index in [1.807, 2.05) is 0 Å². The average molecular weight is 280 g/mol. The number of carbonyl (C=O) groups is 2. The van der Waals surface area contributed by atoms with Crippen molar-refractivity contribution in [2.45, 2.75) is 76.8 Å². The van der Waals surface area contributed by atoms with Crippen LogP contribution < -0.4 is 5.32 Å². The lowest BCUT2D eigenvalue weighted by Crippen LogP contribution is -2.50. The van der Waals surface area contributed by atoms with Crippen LogP contribution in [0.1, 0.15) is 64.7 Å². The molecule has 114 valence electrons. The van der Waals surface area contributed by atoms with Gasteiger partial charge < -0.3 is 10.2 Å². The van der Waals surface area contributed by atoms with Crippen LogP contribution in [-0.2, 0) is 9.59 Å². The summed E-state index contributed by atoms with van der Waals surface area (Å²) in [6.07, 6.45) is 10.2. The monoisotopic (exact) mass is 280 g/mol. The van der Waals surface area contributed by atoms with E-state index in [4.69, 9.17) is 0 Å². The minimum Gasteiger partial charge on any atom is -0.345 e. The van der Waals surface area contributed by atoms with Crippen molar-refractivity contribution in [3.05, 3.63) is 0 Å². The Labute approximate surface area is 122 Å². The van der Waals surface area contributed by atoms with Crippen LogP contribution in [-0.4, -0.2) is 35.8 Å². The summed E-state index contributed by atoms with van der Waals surface area (Å²) in [6.45, 7) is 2.17. The van der Waals surface area contributed by atoms with Gasteiger partial charge in [0.2, 0.25) is 0 Å². The lowest BCUT2D eigenvalue weighted by atomic mass is 9.86. The van der Waals surface area contributed by atoms with Crippen LogP contribution in [0.25, 0.3) is 0 Å². The molecule has 0 saturated heterocycles. The van der Waals surface area contributed by atoms with Gasteiger partial charge in [0.05, 0.1) is 0 Å². The number of amides is 2. The van der Waals surface area contributed by atoms with Gasteiger partial charge in [-0.2, -0.15) is 0 Å². The number of hydrogen-bond acceptors (Lipinski definition) is 2. The van der Waals surface area contributed by atoms with E-state index in [-0.39, 0.29) is 18.0 Å². The van der Waals surface area contributed by atoms with Crippen molar-refractivity contribution in [2.24, 2.45) is 5.92 Å². The maximum atomic E-state index is 12.2. The second-order valence-electron chi connectivity index (χ2n) is 6.55. The molecular weight excluding hydrogens is 252 g/mol. The van der Waals surface area contributed by atoms with Gasteiger partial charge in [-0.05, 0) is 31.6 Å². The summed E-state index contributed by atoms with van der Waals surface area (Å²) in [4.78, 5) is 26.0. The summed E-state index contributed by atoms with van der Waals surface area (Å²) >= 11 is 0. The fraction of sp³-hybridized carbons (Fsp3) is 0.875. The molecule has 0 aromatic heterocycles. The molecule has 0 radical (unpaired) electrons. The first kappa shape index (κ1) is 15.3. The molecular formula is C16H28N2O2. The minimum absolute atomic E-state index is 0.181. The van der Waals surface area contributed by atoms with E-state index in [2.05, 4.69) is 12.2 Å². The minimum atomic E-state index is -0.406. The third-order valence-corrected chi connectivity index (χ3v) is 5.06. The lowest BCUT2D eigenvalue weighted by Gasteiger charge is -2.33. The van der Waals surface area contributed by atoms with E-state index in [1.165, 1.54) is 25.7 Å². The Bertz CT molecular complexity index is 350. The Morgan fingerprint density at radius 1 is 0.950 bits per heavy atom. The van der Waals surface area contributed by atoms with Gasteiger partial charge in [-0.3, -0.25) is 9.59 Å². The van der Waals surface area contributed by atoms with E-state index in [0.29, 0.717) is 5.92 Å². The first-order valence-electron chi connectivity index (χ1n) is 8.17. The number of nitrogens with one attached hydrogen (secondary N) is 1. The van der Waals surface area contributed by atoms with Gasteiger partial charge >= 0.3 is 11.8 Å². The topological polar surface area (TPSA) is 49.4 Å². The van der Waals surface area contributed by atoms with Gasteiger partial charge in [-0.25, -0.2) is 0 Å². The molecule has 2 amide bonds. The third kappa shape index (κ3) is 3.74. The number of likely N-dealkylation sites (N-methyl/N-ethyl adjacent to an activating group) is 1. The van der Waals surface area contributed by atoms with Crippen LogP contribution in [0.3, 0.4) is 0 Å². The van der Waals surface area contributed by atoms with Gasteiger partial charge in [0.15, 0.2) is 0 Å². The highest BCUT2D eigenvalue weighted by Crippen LogP contribution is 2.24. The standard InChI is InChI=1S/C16H28N2O2/c1-12-8-6-7-11-14(12)17-15(19)16(20)18(2)13-9-4-3-5-10-13/h12-14H,3-11H2,1-2H3,(H,17,19). The van der Waals surface area contributed by atoms with E-state index in [1.54, 1.807) is 11.9 Å². The highest BCUT2D eigenvalue weighted by Gasteiger charge is 2.30. The molecule has 0 heterocycles. The first-order chi connectivity index (χ1) is 9.59. The summed E-state index contributed by atoms with van der Waals surface area (Å²) in [5, 5.41) is 2.96. The van der Waals surface area contributed by atoms with Crippen LogP contribution in [0.15, 0.2) is 0 Å². The largest absolute Gasteiger partial charge is 0.345 e. The molecule has 2 aliphatic rings. The number of rotatable bonds is 2. The molecule has 0 aromatic carbocycles. The van der Waals surface area contributed by atoms with Crippen LogP contribution in [0.5, 0.6) is 0 Å². The molecule has 2 fully saturated rings. The van der Waals surface area contributed by atoms with Crippen molar-refractivity contribution < 1.29 is 9.59 Å². The summed E-state index contributed by atoms with van der Waals surface area (Å²) < 4.78 is 0. The molecule has 2 atom stereocenters. The van der Waals surface area contributed by atoms with Crippen molar-refractivity contribution in [1.82, 2.24) is 10.2 Å². The fourth-order valence-electron chi connectivity index (χ4n) is 3.56. The highest BCUT2D eigenvalue weighted by atomic mass is 16.2. The summed E-state index contributed by atoms with van der Waals surface area (Å²) in [5.41, 5.74) is 0. The summed E-state index contributed by atoms with van der Waals surface area (Å²) in [5.74, 6) is -0.271. The predicted octanol–water partition coefficient (Wildman–Crippen LogP) is 2.47. The van der Waals surface area contributed by atoms with E-state index in [0.717, 1.165) is 32.1 Å². The quantitative estimate of drug-likeness (QED) is 0.790. The summed E-state index contributed by atoms with van der Waals surface area (Å²) in [6, 6.07) is 0.436. The maximum absolute atomic E-state index is 12.2. The molecule has 1 N–H and O–H groups in total. The summed E-state index contributed by atoms with van der Waals surface area (Å²) in [7, 11) is 1.78. The van der Waals surface area contributed by atoms with E-state index in [9.17, 15) is 9.59 Å². The number of hydrogen-bond donors (Lipinski definition) is 1. The van der Waals surface area contributed by atoms with Gasteiger partial charge in [-0.1, -0.05) is 39.0 Å². The van der Waals surface area contributed by atoms with E-state index < -0.39 is 5.91 Å². The first-order valence-corrected chi connectivity index (χ1v) is 8.17. The maximum Gasteiger partial charge on any atom is 0.311 e. The Hall–Kier alpha value is -1.06. The fourth-order valence-corrected chi connectivity index (χ4v) is 3.56. The predicted molar refractivity (Wildman–Crippen MR) is 79.2 cm³/mol. The van der Waals surface area contributed by atoms with Crippen LogP contribution in [0, 0.1) is 5.92 Å². The molecule has 0 aromatic rings. The molecule has 2 unspecified atom stereocenters. The number of carbonyl (C=O) groups excluding carboxylic acids is 2. The van der Waals surface area contributed by atoms with Crippen LogP contribution >= 0.6 is 0 Å². The van der Waals surface area contributed by atoms with Crippen molar-refractivity contribution in [3.63, 3.8) is 0 Å². The van der Waals surface area contributed by atoms with Crippen molar-refractivity contribution in [2.75, 3.05) is 7.05 Å². The Kier molecular flexibility index (Phi) is 5.44. The van der Waals surface area contributed by atoms with Crippen molar-refractivity contribution in [1.29, 1.82) is 0 Å². The van der Waals surface area contributed by atoms with Crippen LogP contribution in [0.2, 0.25) is 0 Å². The van der Waals surface area contributed by atoms with Crippen LogP contribution in [0.4, 0.5) is 0 Å². The molecule has 0 spiro atoms. The van der Waals surface area contributed by atoms with Gasteiger partial charge in [0.1, 0.15) is 0 Å². The van der Waals surface area contributed by atoms with Gasteiger partial charge in [0, 0.05) is 19.1 Å². The smallest absolute Gasteiger partial charge is 0.311 e. The second kappa shape index (κ2) is 7.09.